The van der Waals surface area contributed by atoms with E-state index in [0.717, 1.165) is 28.9 Å². The van der Waals surface area contributed by atoms with Gasteiger partial charge in [-0.15, -0.1) is 10.2 Å². The maximum absolute atomic E-state index is 12.7. The van der Waals surface area contributed by atoms with Crippen LogP contribution in [0.25, 0.3) is 0 Å². The second-order valence-corrected chi connectivity index (χ2v) is 9.93. The molecule has 34 heavy (non-hydrogen) atoms. The van der Waals surface area contributed by atoms with Gasteiger partial charge in [-0.3, -0.25) is 4.79 Å². The minimum Gasteiger partial charge on any atom is -0.485 e. The maximum Gasteiger partial charge on any atom is 0.407 e. The van der Waals surface area contributed by atoms with Gasteiger partial charge in [0.05, 0.1) is 11.1 Å². The smallest absolute Gasteiger partial charge is 0.407 e. The summed E-state index contributed by atoms with van der Waals surface area (Å²) in [5.74, 6) is 0.533. The average Bonchev–Trinajstić information content (AvgIpc) is 3.27. The number of halogens is 1. The molecule has 0 radical (unpaired) electrons. The van der Waals surface area contributed by atoms with Crippen LogP contribution in [0.5, 0.6) is 5.75 Å². The van der Waals surface area contributed by atoms with Crippen molar-refractivity contribution in [3.8, 4) is 5.75 Å². The van der Waals surface area contributed by atoms with Crippen molar-refractivity contribution in [1.82, 2.24) is 15.1 Å². The van der Waals surface area contributed by atoms with Gasteiger partial charge in [0.2, 0.25) is 5.01 Å². The maximum atomic E-state index is 12.7. The van der Waals surface area contributed by atoms with Crippen LogP contribution < -0.4 is 10.1 Å². The number of carboxylic acid groups (broad SMARTS) is 1. The number of hydrogen-bond donors (Lipinski definition) is 2. The highest BCUT2D eigenvalue weighted by Crippen LogP contribution is 2.36. The number of aromatic nitrogens is 2. The van der Waals surface area contributed by atoms with E-state index >= 15 is 0 Å². The first-order valence-corrected chi connectivity index (χ1v) is 12.1. The predicted octanol–water partition coefficient (Wildman–Crippen LogP) is 5.65. The molecule has 0 spiro atoms. The zero-order chi connectivity index (χ0) is 24.2. The van der Waals surface area contributed by atoms with Gasteiger partial charge in [0.15, 0.2) is 5.01 Å². The normalized spacial score (nSPS) is 15.2. The summed E-state index contributed by atoms with van der Waals surface area (Å²) in [6.45, 7) is 4.75. The molecule has 0 bridgehead atoms. The summed E-state index contributed by atoms with van der Waals surface area (Å²) in [6, 6.07) is 12.6. The second kappa shape index (κ2) is 10.4. The Balaban J connectivity index is 1.43. The Labute approximate surface area is 206 Å². The van der Waals surface area contributed by atoms with Crippen molar-refractivity contribution in [2.24, 2.45) is 5.92 Å². The molecule has 1 atom stereocenters. The fourth-order valence-electron chi connectivity index (χ4n) is 4.01. The summed E-state index contributed by atoms with van der Waals surface area (Å²) in [6.07, 6.45) is 0.441. The Kier molecular flexibility index (Phi) is 7.33. The molecule has 1 aromatic heterocycles. The highest BCUT2D eigenvalue weighted by atomic mass is 35.5. The third-order valence-corrected chi connectivity index (χ3v) is 6.76. The van der Waals surface area contributed by atoms with Gasteiger partial charge in [0, 0.05) is 12.2 Å². The number of hydrogen-bond acceptors (Lipinski definition) is 6. The predicted molar refractivity (Wildman–Crippen MR) is 131 cm³/mol. The van der Waals surface area contributed by atoms with Crippen LogP contribution in [-0.4, -0.2) is 38.7 Å². The molecule has 10 heteroatoms. The molecule has 1 unspecified atom stereocenters. The molecule has 8 nitrogen and oxygen atoms in total. The number of benzene rings is 2. The number of nitrogens with one attached hydrogen (secondary N) is 1. The van der Waals surface area contributed by atoms with Crippen LogP contribution >= 0.6 is 22.9 Å². The first kappa shape index (κ1) is 24.0. The number of nitrogens with zero attached hydrogens (tertiary/aromatic N) is 3. The Bertz CT molecular complexity index is 1200. The van der Waals surface area contributed by atoms with Gasteiger partial charge in [0.25, 0.3) is 5.91 Å². The lowest BCUT2D eigenvalue weighted by molar-refractivity contribution is 0.102. The SMILES string of the molecule is CC(C)CC1c2ccc(NC(=O)c3nnc(COc4ccccc4Cl)s3)cc2CCN1C(=O)O. The van der Waals surface area contributed by atoms with Gasteiger partial charge >= 0.3 is 6.09 Å². The van der Waals surface area contributed by atoms with Gasteiger partial charge in [-0.05, 0) is 54.2 Å². The standard InChI is InChI=1S/C24H25ClN4O4S/c1-14(2)11-19-17-8-7-16(12-15(17)9-10-29(19)24(31)32)26-22(30)23-28-27-21(34-23)13-33-20-6-4-3-5-18(20)25/h3-8,12,14,19H,9-11,13H2,1-2H3,(H,26,30)(H,31,32). The van der Waals surface area contributed by atoms with E-state index in [1.54, 1.807) is 18.2 Å². The molecule has 2 aromatic carbocycles. The molecule has 0 fully saturated rings. The molecule has 0 saturated carbocycles. The fraction of sp³-hybridized carbons (Fsp3) is 0.333. The molecule has 3 aromatic rings. The zero-order valence-electron chi connectivity index (χ0n) is 18.8. The van der Waals surface area contributed by atoms with Gasteiger partial charge in [-0.1, -0.05) is 55.0 Å². The van der Waals surface area contributed by atoms with Crippen LogP contribution in [0.1, 0.15) is 52.2 Å². The van der Waals surface area contributed by atoms with Crippen molar-refractivity contribution < 1.29 is 19.4 Å². The minimum absolute atomic E-state index is 0.158. The van der Waals surface area contributed by atoms with Gasteiger partial charge in [-0.25, -0.2) is 4.79 Å². The molecule has 0 aliphatic carbocycles. The zero-order valence-corrected chi connectivity index (χ0v) is 20.4. The van der Waals surface area contributed by atoms with E-state index < -0.39 is 6.09 Å². The molecule has 4 rings (SSSR count). The first-order valence-electron chi connectivity index (χ1n) is 10.9. The lowest BCUT2D eigenvalue weighted by Crippen LogP contribution is -2.39. The molecular weight excluding hydrogens is 476 g/mol. The van der Waals surface area contributed by atoms with Gasteiger partial charge < -0.3 is 20.1 Å². The first-order chi connectivity index (χ1) is 16.3. The van der Waals surface area contributed by atoms with Crippen molar-refractivity contribution in [3.05, 3.63) is 68.6 Å². The summed E-state index contributed by atoms with van der Waals surface area (Å²) in [5, 5.41) is 21.8. The van der Waals surface area contributed by atoms with E-state index in [1.807, 2.05) is 24.3 Å². The molecular formula is C24H25ClN4O4S. The number of carbonyl (C=O) groups is 2. The van der Waals surface area contributed by atoms with E-state index in [2.05, 4.69) is 29.4 Å². The van der Waals surface area contributed by atoms with E-state index in [-0.39, 0.29) is 23.6 Å². The quantitative estimate of drug-likeness (QED) is 0.434. The second-order valence-electron chi connectivity index (χ2n) is 8.46. The third-order valence-electron chi connectivity index (χ3n) is 5.55. The Morgan fingerprint density at radius 3 is 2.79 bits per heavy atom. The average molecular weight is 501 g/mol. The number of fused-ring (bicyclic) bond motifs is 1. The number of rotatable bonds is 7. The Hall–Kier alpha value is -3.17. The largest absolute Gasteiger partial charge is 0.485 e. The molecule has 2 amide bonds. The van der Waals surface area contributed by atoms with Crippen LogP contribution in [0.15, 0.2) is 42.5 Å². The Morgan fingerprint density at radius 1 is 1.26 bits per heavy atom. The monoisotopic (exact) mass is 500 g/mol. The van der Waals surface area contributed by atoms with E-state index in [4.69, 9.17) is 16.3 Å². The topological polar surface area (TPSA) is 105 Å². The van der Waals surface area contributed by atoms with Crippen LogP contribution in [-0.2, 0) is 13.0 Å². The van der Waals surface area contributed by atoms with Crippen LogP contribution in [0, 0.1) is 5.92 Å². The number of amides is 2. The number of anilines is 1. The summed E-state index contributed by atoms with van der Waals surface area (Å²) >= 11 is 7.24. The highest BCUT2D eigenvalue weighted by Gasteiger charge is 2.31. The van der Waals surface area contributed by atoms with Crippen molar-refractivity contribution in [1.29, 1.82) is 0 Å². The van der Waals surface area contributed by atoms with Crippen LogP contribution in [0.2, 0.25) is 5.02 Å². The third kappa shape index (κ3) is 5.48. The molecule has 2 N–H and O–H groups in total. The van der Waals surface area contributed by atoms with E-state index in [9.17, 15) is 14.7 Å². The number of carbonyl (C=O) groups excluding carboxylic acids is 1. The number of ether oxygens (including phenoxy) is 1. The molecule has 1 aliphatic heterocycles. The molecule has 0 saturated heterocycles. The molecule has 2 heterocycles. The fourth-order valence-corrected chi connectivity index (χ4v) is 4.85. The van der Waals surface area contributed by atoms with Gasteiger partial charge in [0.1, 0.15) is 12.4 Å². The van der Waals surface area contributed by atoms with E-state index in [0.29, 0.717) is 40.4 Å². The summed E-state index contributed by atoms with van der Waals surface area (Å²) < 4.78 is 5.66. The van der Waals surface area contributed by atoms with Crippen molar-refractivity contribution in [3.63, 3.8) is 0 Å². The summed E-state index contributed by atoms with van der Waals surface area (Å²) in [5.41, 5.74) is 2.68. The highest BCUT2D eigenvalue weighted by molar-refractivity contribution is 7.13. The van der Waals surface area contributed by atoms with Crippen molar-refractivity contribution >= 4 is 40.6 Å². The minimum atomic E-state index is -0.903. The lowest BCUT2D eigenvalue weighted by Gasteiger charge is -2.36. The van der Waals surface area contributed by atoms with Gasteiger partial charge in [-0.2, -0.15) is 0 Å². The Morgan fingerprint density at radius 2 is 2.06 bits per heavy atom. The number of para-hydroxylation sites is 1. The molecule has 1 aliphatic rings. The van der Waals surface area contributed by atoms with Crippen molar-refractivity contribution in [2.75, 3.05) is 11.9 Å². The van der Waals surface area contributed by atoms with Crippen LogP contribution in [0.4, 0.5) is 10.5 Å². The summed E-state index contributed by atoms with van der Waals surface area (Å²) in [7, 11) is 0. The van der Waals surface area contributed by atoms with Crippen molar-refractivity contribution in [2.45, 2.75) is 39.3 Å². The van der Waals surface area contributed by atoms with Crippen LogP contribution in [0.3, 0.4) is 0 Å². The lowest BCUT2D eigenvalue weighted by atomic mass is 9.87. The van der Waals surface area contributed by atoms with E-state index in [1.165, 1.54) is 4.90 Å². The molecule has 178 valence electrons. The summed E-state index contributed by atoms with van der Waals surface area (Å²) in [4.78, 5) is 25.9.